The summed E-state index contributed by atoms with van der Waals surface area (Å²) in [5.74, 6) is -0.254. The van der Waals surface area contributed by atoms with Gasteiger partial charge in [-0.2, -0.15) is 0 Å². The van der Waals surface area contributed by atoms with Gasteiger partial charge in [-0.1, -0.05) is 292 Å². The molecule has 14 heteroatoms. The van der Waals surface area contributed by atoms with Gasteiger partial charge in [-0.15, -0.1) is 0 Å². The average Bonchev–Trinajstić information content (AvgIpc) is 1.41. The van der Waals surface area contributed by atoms with Gasteiger partial charge in [0.1, 0.15) is 48.8 Å². The number of allylic oxidation sites excluding steroid dienone is 11. The zero-order valence-corrected chi connectivity index (χ0v) is 57.1. The van der Waals surface area contributed by atoms with E-state index in [1.807, 2.05) is 6.08 Å². The molecule has 12 unspecified atom stereocenters. The van der Waals surface area contributed by atoms with Crippen LogP contribution in [0.5, 0.6) is 0 Å². The van der Waals surface area contributed by atoms with Crippen LogP contribution in [0.3, 0.4) is 0 Å². The first-order valence-electron chi connectivity index (χ1n) is 37.2. The van der Waals surface area contributed by atoms with E-state index in [4.69, 9.17) is 18.9 Å². The summed E-state index contributed by atoms with van der Waals surface area (Å²) in [7, 11) is 0. The minimum absolute atomic E-state index is 0.254. The number of hydrogen-bond donors (Lipinski definition) is 9. The lowest BCUT2D eigenvalue weighted by molar-refractivity contribution is -0.359. The summed E-state index contributed by atoms with van der Waals surface area (Å²) in [6.45, 7) is 2.80. The van der Waals surface area contributed by atoms with E-state index in [1.165, 1.54) is 212 Å². The molecule has 9 N–H and O–H groups in total. The molecule has 2 rings (SSSR count). The lowest BCUT2D eigenvalue weighted by Gasteiger charge is -2.46. The molecule has 0 spiro atoms. The van der Waals surface area contributed by atoms with Crippen LogP contribution < -0.4 is 5.32 Å². The first-order valence-corrected chi connectivity index (χ1v) is 37.2. The summed E-state index contributed by atoms with van der Waals surface area (Å²) < 4.78 is 22.9. The number of unbranched alkanes of at least 4 members (excludes halogenated alkanes) is 38. The number of carbonyl (C=O) groups excluding carboxylic acids is 1. The highest BCUT2D eigenvalue weighted by Gasteiger charge is 2.51. The lowest BCUT2D eigenvalue weighted by atomic mass is 9.97. The van der Waals surface area contributed by atoms with Crippen LogP contribution in [0.4, 0.5) is 0 Å². The maximum atomic E-state index is 13.3. The number of carbonyl (C=O) groups is 1. The lowest BCUT2D eigenvalue weighted by Crippen LogP contribution is -2.65. The monoisotopic (exact) mass is 1270 g/mol. The molecular formula is C76H137NO13. The normalized spacial score (nSPS) is 23.3. The van der Waals surface area contributed by atoms with Crippen LogP contribution in [-0.2, 0) is 23.7 Å². The Balaban J connectivity index is 1.69. The van der Waals surface area contributed by atoms with Crippen molar-refractivity contribution in [2.45, 2.75) is 383 Å². The van der Waals surface area contributed by atoms with E-state index in [2.05, 4.69) is 79.9 Å². The van der Waals surface area contributed by atoms with E-state index in [0.717, 1.165) is 64.2 Å². The SMILES string of the molecule is CCCCCCC/C=C\C/C=C\C/C=C\CCCCCCCCCCCCCCC(=O)NC(COC1OC(CO)C(OC2OC(CO)C(O)C(O)C2O)C(O)C1O)C(O)/C=C/CC/C=C/CC/C=C/CCCCCCCCCCCCCCCCCCCCC. The fraction of sp³-hybridized carbons (Fsp3) is 0.829. The van der Waals surface area contributed by atoms with Crippen LogP contribution in [0, 0.1) is 0 Å². The number of aliphatic hydroxyl groups is 8. The topological polar surface area (TPSA) is 228 Å². The minimum Gasteiger partial charge on any atom is -0.394 e. The molecule has 2 fully saturated rings. The van der Waals surface area contributed by atoms with Gasteiger partial charge in [0.15, 0.2) is 12.6 Å². The van der Waals surface area contributed by atoms with Crippen molar-refractivity contribution in [2.75, 3.05) is 19.8 Å². The molecule has 0 aromatic carbocycles. The molecule has 0 aromatic rings. The molecule has 524 valence electrons. The van der Waals surface area contributed by atoms with Crippen LogP contribution >= 0.6 is 0 Å². The Morgan fingerprint density at radius 3 is 1.17 bits per heavy atom. The minimum atomic E-state index is -1.80. The third-order valence-electron chi connectivity index (χ3n) is 17.8. The van der Waals surface area contributed by atoms with E-state index >= 15 is 0 Å². The summed E-state index contributed by atoms with van der Waals surface area (Å²) in [6, 6.07) is -0.944. The number of hydrogen-bond acceptors (Lipinski definition) is 13. The molecular weight excluding hydrogens is 1130 g/mol. The molecule has 1 amide bonds. The average molecular weight is 1270 g/mol. The summed E-state index contributed by atoms with van der Waals surface area (Å²) >= 11 is 0. The zero-order valence-electron chi connectivity index (χ0n) is 57.1. The molecule has 14 nitrogen and oxygen atoms in total. The number of rotatable bonds is 61. The third kappa shape index (κ3) is 43.4. The standard InChI is InChI=1S/C76H137NO13/c1-3-5-7-9-11-13-15-17-19-21-23-25-27-29-31-32-34-35-37-39-41-43-45-47-49-51-53-55-57-59-65(80)64(63-87-75-73(86)71(84)74(67(62-79)89-75)90-76-72(85)70(83)69(82)66(61-78)88-76)77-68(81)60-58-56-54-52-50-48-46-44-42-40-38-36-33-30-28-26-24-22-20-18-16-14-12-10-8-6-4-2/h16,18,22,24,28,30,41,43,49,51,57,59,64-67,69-76,78-80,82-86H,3-15,17,19-21,23,25-27,29,31-40,42,44-48,50,52-56,58,60-63H2,1-2H3,(H,77,81)/b18-16-,24-22-,30-28-,43-41+,51-49+,59-57+. The molecule has 2 saturated heterocycles. The zero-order chi connectivity index (χ0) is 65.2. The Labute approximate surface area is 548 Å². The Kier molecular flexibility index (Phi) is 55.8. The van der Waals surface area contributed by atoms with E-state index in [0.29, 0.717) is 12.8 Å². The van der Waals surface area contributed by atoms with Gasteiger partial charge in [0.25, 0.3) is 0 Å². The van der Waals surface area contributed by atoms with Gasteiger partial charge in [0.2, 0.25) is 5.91 Å². The van der Waals surface area contributed by atoms with Gasteiger partial charge in [-0.3, -0.25) is 4.79 Å². The fourth-order valence-electron chi connectivity index (χ4n) is 11.9. The maximum absolute atomic E-state index is 13.3. The molecule has 0 bridgehead atoms. The first kappa shape index (κ1) is 83.5. The van der Waals surface area contributed by atoms with Crippen molar-refractivity contribution in [3.63, 3.8) is 0 Å². The molecule has 12 atom stereocenters. The van der Waals surface area contributed by atoms with E-state index < -0.39 is 86.8 Å². The third-order valence-corrected chi connectivity index (χ3v) is 17.8. The number of ether oxygens (including phenoxy) is 4. The summed E-state index contributed by atoms with van der Waals surface area (Å²) in [6.07, 6.45) is 65.4. The van der Waals surface area contributed by atoms with Crippen LogP contribution in [0.1, 0.15) is 309 Å². The van der Waals surface area contributed by atoms with Crippen LogP contribution in [0.2, 0.25) is 0 Å². The van der Waals surface area contributed by atoms with Crippen molar-refractivity contribution in [3.8, 4) is 0 Å². The van der Waals surface area contributed by atoms with Crippen molar-refractivity contribution in [1.82, 2.24) is 5.32 Å². The predicted octanol–water partition coefficient (Wildman–Crippen LogP) is 15.8. The van der Waals surface area contributed by atoms with Crippen LogP contribution in [-0.4, -0.2) is 140 Å². The molecule has 0 radical (unpaired) electrons. The fourth-order valence-corrected chi connectivity index (χ4v) is 11.9. The van der Waals surface area contributed by atoms with Crippen LogP contribution in [0.15, 0.2) is 72.9 Å². The molecule has 90 heavy (non-hydrogen) atoms. The van der Waals surface area contributed by atoms with Gasteiger partial charge >= 0.3 is 0 Å². The molecule has 2 heterocycles. The molecule has 2 aliphatic rings. The Bertz CT molecular complexity index is 1790. The second-order valence-corrected chi connectivity index (χ2v) is 26.1. The first-order chi connectivity index (χ1) is 44.1. The Hall–Kier alpha value is -2.57. The van der Waals surface area contributed by atoms with Crippen molar-refractivity contribution in [1.29, 1.82) is 0 Å². The quantitative estimate of drug-likeness (QED) is 0.0204. The molecule has 0 saturated carbocycles. The van der Waals surface area contributed by atoms with Gasteiger partial charge < -0.3 is 65.1 Å². The Morgan fingerprint density at radius 1 is 0.400 bits per heavy atom. The number of amides is 1. The highest BCUT2D eigenvalue weighted by atomic mass is 16.7. The summed E-state index contributed by atoms with van der Waals surface area (Å²) in [4.78, 5) is 13.3. The molecule has 2 aliphatic heterocycles. The number of aliphatic hydroxyl groups excluding tert-OH is 8. The van der Waals surface area contributed by atoms with Crippen molar-refractivity contribution < 1.29 is 64.6 Å². The van der Waals surface area contributed by atoms with Gasteiger partial charge in [0, 0.05) is 6.42 Å². The van der Waals surface area contributed by atoms with Crippen molar-refractivity contribution in [2.24, 2.45) is 0 Å². The van der Waals surface area contributed by atoms with Gasteiger partial charge in [-0.05, 0) is 83.5 Å². The van der Waals surface area contributed by atoms with Crippen molar-refractivity contribution >= 4 is 5.91 Å². The summed E-state index contributed by atoms with van der Waals surface area (Å²) in [5.41, 5.74) is 0. The van der Waals surface area contributed by atoms with E-state index in [1.54, 1.807) is 6.08 Å². The second-order valence-electron chi connectivity index (χ2n) is 26.1. The maximum Gasteiger partial charge on any atom is 0.220 e. The van der Waals surface area contributed by atoms with E-state index in [9.17, 15) is 45.6 Å². The highest BCUT2D eigenvalue weighted by molar-refractivity contribution is 5.76. The van der Waals surface area contributed by atoms with Crippen LogP contribution in [0.25, 0.3) is 0 Å². The molecule has 0 aromatic heterocycles. The van der Waals surface area contributed by atoms with Gasteiger partial charge in [0.05, 0.1) is 32.0 Å². The highest BCUT2D eigenvalue weighted by Crippen LogP contribution is 2.30. The second kappa shape index (κ2) is 60.1. The largest absolute Gasteiger partial charge is 0.394 e. The predicted molar refractivity (Wildman–Crippen MR) is 369 cm³/mol. The Morgan fingerprint density at radius 2 is 0.744 bits per heavy atom. The summed E-state index contributed by atoms with van der Waals surface area (Å²) in [5, 5.41) is 87.5. The van der Waals surface area contributed by atoms with Gasteiger partial charge in [-0.25, -0.2) is 0 Å². The smallest absolute Gasteiger partial charge is 0.220 e. The van der Waals surface area contributed by atoms with E-state index in [-0.39, 0.29) is 18.9 Å². The van der Waals surface area contributed by atoms with Crippen molar-refractivity contribution in [3.05, 3.63) is 72.9 Å². The number of nitrogens with one attached hydrogen (secondary N) is 1. The molecule has 0 aliphatic carbocycles.